The van der Waals surface area contributed by atoms with Crippen molar-refractivity contribution < 1.29 is 4.79 Å². The molecule has 1 heterocycles. The molecule has 2 nitrogen and oxygen atoms in total. The number of aryl methyl sites for hydroxylation is 4. The SMILES string of the molecule is Cc1ccc2c(c1)N(C(=O)CCl)c1cc(C)ccc1CC2. The molecule has 0 atom stereocenters. The molecule has 21 heavy (non-hydrogen) atoms. The van der Waals surface area contributed by atoms with Crippen molar-refractivity contribution in [2.24, 2.45) is 0 Å². The highest BCUT2D eigenvalue weighted by Crippen LogP contribution is 2.37. The van der Waals surface area contributed by atoms with E-state index < -0.39 is 0 Å². The number of hydrogen-bond acceptors (Lipinski definition) is 1. The summed E-state index contributed by atoms with van der Waals surface area (Å²) in [4.78, 5) is 14.3. The second kappa shape index (κ2) is 5.53. The third-order valence-electron chi connectivity index (χ3n) is 3.99. The molecule has 0 radical (unpaired) electrons. The van der Waals surface area contributed by atoms with Gasteiger partial charge in [0.1, 0.15) is 5.88 Å². The first-order valence-electron chi connectivity index (χ1n) is 7.18. The van der Waals surface area contributed by atoms with Crippen LogP contribution in [0.1, 0.15) is 22.3 Å². The minimum atomic E-state index is -0.0720. The number of carbonyl (C=O) groups excluding carboxylic acids is 1. The lowest BCUT2D eigenvalue weighted by Crippen LogP contribution is -2.28. The van der Waals surface area contributed by atoms with Crippen molar-refractivity contribution in [1.82, 2.24) is 0 Å². The molecule has 0 unspecified atom stereocenters. The zero-order valence-electron chi connectivity index (χ0n) is 12.3. The van der Waals surface area contributed by atoms with Crippen molar-refractivity contribution >= 4 is 28.9 Å². The van der Waals surface area contributed by atoms with E-state index in [4.69, 9.17) is 11.6 Å². The minimum Gasteiger partial charge on any atom is -0.279 e. The summed E-state index contributed by atoms with van der Waals surface area (Å²) in [5.74, 6) is -0.0851. The average Bonchev–Trinajstić information content (AvgIpc) is 2.62. The Labute approximate surface area is 130 Å². The van der Waals surface area contributed by atoms with E-state index in [1.807, 2.05) is 13.8 Å². The molecule has 0 saturated heterocycles. The van der Waals surface area contributed by atoms with Crippen LogP contribution in [-0.4, -0.2) is 11.8 Å². The van der Waals surface area contributed by atoms with E-state index in [0.717, 1.165) is 35.3 Å². The van der Waals surface area contributed by atoms with E-state index in [9.17, 15) is 4.79 Å². The molecule has 2 aromatic rings. The number of hydrogen-bond donors (Lipinski definition) is 0. The van der Waals surface area contributed by atoms with Crippen molar-refractivity contribution in [1.29, 1.82) is 0 Å². The summed E-state index contributed by atoms with van der Waals surface area (Å²) in [5.41, 5.74) is 6.66. The molecule has 3 rings (SSSR count). The number of amides is 1. The molecule has 0 N–H and O–H groups in total. The predicted octanol–water partition coefficient (Wildman–Crippen LogP) is 4.31. The number of halogens is 1. The molecule has 108 valence electrons. The van der Waals surface area contributed by atoms with E-state index >= 15 is 0 Å². The first-order chi connectivity index (χ1) is 10.1. The Kier molecular flexibility index (Phi) is 3.73. The summed E-state index contributed by atoms with van der Waals surface area (Å²) in [6.45, 7) is 4.09. The smallest absolute Gasteiger partial charge is 0.246 e. The zero-order chi connectivity index (χ0) is 15.0. The van der Waals surface area contributed by atoms with Gasteiger partial charge < -0.3 is 0 Å². The molecule has 1 aliphatic rings. The van der Waals surface area contributed by atoms with E-state index in [1.165, 1.54) is 11.1 Å². The third-order valence-corrected chi connectivity index (χ3v) is 4.22. The van der Waals surface area contributed by atoms with Crippen LogP contribution in [0, 0.1) is 13.8 Å². The van der Waals surface area contributed by atoms with E-state index in [1.54, 1.807) is 4.90 Å². The lowest BCUT2D eigenvalue weighted by Gasteiger charge is -2.25. The van der Waals surface area contributed by atoms with Gasteiger partial charge in [-0.15, -0.1) is 11.6 Å². The standard InChI is InChI=1S/C18H18ClNO/c1-12-3-5-14-7-8-15-6-4-13(2)10-17(15)20(16(14)9-12)18(21)11-19/h3-6,9-10H,7-8,11H2,1-2H3. The Morgan fingerprint density at radius 3 is 1.90 bits per heavy atom. The molecule has 0 bridgehead atoms. The van der Waals surface area contributed by atoms with Crippen LogP contribution in [0.3, 0.4) is 0 Å². The fourth-order valence-electron chi connectivity index (χ4n) is 2.91. The van der Waals surface area contributed by atoms with Crippen LogP contribution >= 0.6 is 11.6 Å². The van der Waals surface area contributed by atoms with Crippen LogP contribution in [0.25, 0.3) is 0 Å². The molecular weight excluding hydrogens is 282 g/mol. The lowest BCUT2D eigenvalue weighted by atomic mass is 10.0. The Morgan fingerprint density at radius 1 is 1.00 bits per heavy atom. The van der Waals surface area contributed by atoms with Crippen LogP contribution < -0.4 is 4.90 Å². The Bertz CT molecular complexity index is 655. The summed E-state index contributed by atoms with van der Waals surface area (Å²) in [6, 6.07) is 12.6. The molecule has 1 amide bonds. The molecule has 0 aromatic heterocycles. The molecule has 0 saturated carbocycles. The van der Waals surface area contributed by atoms with Gasteiger partial charge in [-0.05, 0) is 61.1 Å². The van der Waals surface area contributed by atoms with Gasteiger partial charge in [-0.3, -0.25) is 9.69 Å². The van der Waals surface area contributed by atoms with E-state index in [2.05, 4.69) is 36.4 Å². The third kappa shape index (κ3) is 2.56. The normalized spacial score (nSPS) is 13.4. The lowest BCUT2D eigenvalue weighted by molar-refractivity contribution is -0.115. The topological polar surface area (TPSA) is 20.3 Å². The number of rotatable bonds is 1. The largest absolute Gasteiger partial charge is 0.279 e. The van der Waals surface area contributed by atoms with Crippen LogP contribution in [0.15, 0.2) is 36.4 Å². The van der Waals surface area contributed by atoms with Crippen LogP contribution in [0.2, 0.25) is 0 Å². The maximum Gasteiger partial charge on any atom is 0.246 e. The number of anilines is 2. The van der Waals surface area contributed by atoms with E-state index in [-0.39, 0.29) is 11.8 Å². The van der Waals surface area contributed by atoms with Gasteiger partial charge in [0, 0.05) is 0 Å². The van der Waals surface area contributed by atoms with Crippen LogP contribution in [-0.2, 0) is 17.6 Å². The predicted molar refractivity (Wildman–Crippen MR) is 87.6 cm³/mol. The van der Waals surface area contributed by atoms with Crippen molar-refractivity contribution in [2.45, 2.75) is 26.7 Å². The number of benzene rings is 2. The maximum atomic E-state index is 12.5. The van der Waals surface area contributed by atoms with Gasteiger partial charge in [0.25, 0.3) is 0 Å². The summed E-state index contributed by atoms with van der Waals surface area (Å²) in [6.07, 6.45) is 1.88. The Hall–Kier alpha value is -1.80. The molecule has 0 fully saturated rings. The number of nitrogens with zero attached hydrogens (tertiary/aromatic N) is 1. The summed E-state index contributed by atoms with van der Waals surface area (Å²) >= 11 is 5.86. The Balaban J connectivity index is 2.25. The van der Waals surface area contributed by atoms with Crippen LogP contribution in [0.5, 0.6) is 0 Å². The highest BCUT2D eigenvalue weighted by molar-refractivity contribution is 6.30. The van der Waals surface area contributed by atoms with Crippen LogP contribution in [0.4, 0.5) is 11.4 Å². The van der Waals surface area contributed by atoms with Gasteiger partial charge in [-0.1, -0.05) is 24.3 Å². The monoisotopic (exact) mass is 299 g/mol. The first-order valence-corrected chi connectivity index (χ1v) is 7.71. The Morgan fingerprint density at radius 2 is 1.48 bits per heavy atom. The minimum absolute atomic E-state index is 0.0131. The molecule has 0 spiro atoms. The maximum absolute atomic E-state index is 12.5. The molecule has 1 aliphatic heterocycles. The van der Waals surface area contributed by atoms with Gasteiger partial charge in [0.15, 0.2) is 0 Å². The second-order valence-electron chi connectivity index (χ2n) is 5.63. The van der Waals surface area contributed by atoms with E-state index in [0.29, 0.717) is 0 Å². The highest BCUT2D eigenvalue weighted by Gasteiger charge is 2.25. The van der Waals surface area contributed by atoms with Gasteiger partial charge in [-0.2, -0.15) is 0 Å². The number of fused-ring (bicyclic) bond motifs is 2. The van der Waals surface area contributed by atoms with Crippen molar-refractivity contribution in [3.8, 4) is 0 Å². The van der Waals surface area contributed by atoms with Gasteiger partial charge in [0.05, 0.1) is 11.4 Å². The summed E-state index contributed by atoms with van der Waals surface area (Å²) in [7, 11) is 0. The fraction of sp³-hybridized carbons (Fsp3) is 0.278. The van der Waals surface area contributed by atoms with Gasteiger partial charge >= 0.3 is 0 Å². The average molecular weight is 300 g/mol. The van der Waals surface area contributed by atoms with Gasteiger partial charge in [0.2, 0.25) is 5.91 Å². The highest BCUT2D eigenvalue weighted by atomic mass is 35.5. The van der Waals surface area contributed by atoms with Crippen molar-refractivity contribution in [3.63, 3.8) is 0 Å². The fourth-order valence-corrected chi connectivity index (χ4v) is 3.03. The quantitative estimate of drug-likeness (QED) is 0.719. The molecule has 3 heteroatoms. The molecule has 0 aliphatic carbocycles. The first kappa shape index (κ1) is 14.2. The van der Waals surface area contributed by atoms with Crippen molar-refractivity contribution in [3.05, 3.63) is 58.7 Å². The zero-order valence-corrected chi connectivity index (χ0v) is 13.1. The summed E-state index contributed by atoms with van der Waals surface area (Å²) < 4.78 is 0. The number of carbonyl (C=O) groups is 1. The molecular formula is C18H18ClNO. The second-order valence-corrected chi connectivity index (χ2v) is 5.89. The molecule has 2 aromatic carbocycles. The summed E-state index contributed by atoms with van der Waals surface area (Å²) in [5, 5.41) is 0. The van der Waals surface area contributed by atoms with Gasteiger partial charge in [-0.25, -0.2) is 0 Å². The van der Waals surface area contributed by atoms with Crippen molar-refractivity contribution in [2.75, 3.05) is 10.8 Å². The number of alkyl halides is 1.